The van der Waals surface area contributed by atoms with Gasteiger partial charge in [0.05, 0.1) is 0 Å². The van der Waals surface area contributed by atoms with E-state index in [9.17, 15) is 4.79 Å². The predicted molar refractivity (Wildman–Crippen MR) is 64.2 cm³/mol. The highest BCUT2D eigenvalue weighted by Crippen LogP contribution is 2.22. The second-order valence-corrected chi connectivity index (χ2v) is 3.65. The maximum Gasteiger partial charge on any atom is 0.341 e. The first kappa shape index (κ1) is 13.3. The van der Waals surface area contributed by atoms with Crippen LogP contribution in [0.4, 0.5) is 5.69 Å². The second kappa shape index (κ2) is 6.75. The van der Waals surface area contributed by atoms with E-state index < -0.39 is 5.97 Å². The molecule has 1 aromatic rings. The molecule has 5 nitrogen and oxygen atoms in total. The van der Waals surface area contributed by atoms with Crippen LogP contribution in [0.15, 0.2) is 18.2 Å². The number of anilines is 1. The number of methoxy groups -OCH3 is 1. The van der Waals surface area contributed by atoms with E-state index in [2.05, 4.69) is 0 Å². The molecule has 0 atom stereocenters. The van der Waals surface area contributed by atoms with Crippen LogP contribution >= 0.6 is 0 Å². The van der Waals surface area contributed by atoms with Gasteiger partial charge in [-0.2, -0.15) is 0 Å². The van der Waals surface area contributed by atoms with E-state index in [1.54, 1.807) is 25.3 Å². The number of carboxylic acids is 1. The number of aryl methyl sites for hydroxylation is 1. The maximum absolute atomic E-state index is 10.4. The summed E-state index contributed by atoms with van der Waals surface area (Å²) in [5.74, 6) is -0.428. The molecule has 0 amide bonds. The molecule has 0 aliphatic rings. The first-order valence-electron chi connectivity index (χ1n) is 5.35. The molecule has 0 heterocycles. The highest BCUT2D eigenvalue weighted by molar-refractivity contribution is 5.68. The molecule has 0 aliphatic heterocycles. The molecule has 0 saturated heterocycles. The average Bonchev–Trinajstić information content (AvgIpc) is 2.28. The largest absolute Gasteiger partial charge is 0.482 e. The fourth-order valence-electron chi connectivity index (χ4n) is 1.48. The van der Waals surface area contributed by atoms with Gasteiger partial charge in [-0.3, -0.25) is 0 Å². The highest BCUT2D eigenvalue weighted by atomic mass is 16.5. The van der Waals surface area contributed by atoms with Crippen molar-refractivity contribution < 1.29 is 19.4 Å². The number of rotatable bonds is 7. The van der Waals surface area contributed by atoms with Crippen molar-refractivity contribution in [3.8, 4) is 5.75 Å². The summed E-state index contributed by atoms with van der Waals surface area (Å²) in [5, 5.41) is 8.56. The first-order valence-corrected chi connectivity index (χ1v) is 5.35. The minimum absolute atomic E-state index is 0.346. The molecule has 0 spiro atoms. The zero-order chi connectivity index (χ0) is 12.7. The molecule has 17 heavy (non-hydrogen) atoms. The third-order valence-electron chi connectivity index (χ3n) is 2.23. The molecule has 0 bridgehead atoms. The van der Waals surface area contributed by atoms with Crippen molar-refractivity contribution in [3.05, 3.63) is 23.8 Å². The zero-order valence-electron chi connectivity index (χ0n) is 9.81. The summed E-state index contributed by atoms with van der Waals surface area (Å²) >= 11 is 0. The summed E-state index contributed by atoms with van der Waals surface area (Å²) in [7, 11) is 1.64. The predicted octanol–water partition coefficient (Wildman–Crippen LogP) is 1.31. The fourth-order valence-corrected chi connectivity index (χ4v) is 1.48. The normalized spacial score (nSPS) is 10.2. The topological polar surface area (TPSA) is 81.8 Å². The van der Waals surface area contributed by atoms with Crippen molar-refractivity contribution in [2.45, 2.75) is 12.8 Å². The summed E-state index contributed by atoms with van der Waals surface area (Å²) < 4.78 is 10.2. The Morgan fingerprint density at radius 1 is 1.47 bits per heavy atom. The van der Waals surface area contributed by atoms with Crippen LogP contribution in [0.2, 0.25) is 0 Å². The molecule has 5 heteroatoms. The Morgan fingerprint density at radius 3 is 2.88 bits per heavy atom. The quantitative estimate of drug-likeness (QED) is 0.554. The molecule has 3 N–H and O–H groups in total. The Balaban J connectivity index is 2.69. The van der Waals surface area contributed by atoms with Crippen LogP contribution in [-0.4, -0.2) is 31.4 Å². The summed E-state index contributed by atoms with van der Waals surface area (Å²) in [4.78, 5) is 10.4. The van der Waals surface area contributed by atoms with E-state index in [4.69, 9.17) is 20.3 Å². The third-order valence-corrected chi connectivity index (χ3v) is 2.23. The van der Waals surface area contributed by atoms with Crippen LogP contribution in [0.1, 0.15) is 12.0 Å². The van der Waals surface area contributed by atoms with Crippen molar-refractivity contribution in [1.82, 2.24) is 0 Å². The van der Waals surface area contributed by atoms with E-state index in [1.165, 1.54) is 0 Å². The molecule has 1 rings (SSSR count). The maximum atomic E-state index is 10.4. The van der Waals surface area contributed by atoms with E-state index in [0.717, 1.165) is 18.4 Å². The summed E-state index contributed by atoms with van der Waals surface area (Å²) in [5.41, 5.74) is 7.23. The van der Waals surface area contributed by atoms with E-state index in [-0.39, 0.29) is 6.61 Å². The number of carboxylic acid groups (broad SMARTS) is 1. The minimum atomic E-state index is -0.996. The van der Waals surface area contributed by atoms with E-state index >= 15 is 0 Å². The van der Waals surface area contributed by atoms with Gasteiger partial charge in [0, 0.05) is 19.4 Å². The summed E-state index contributed by atoms with van der Waals surface area (Å²) in [6.07, 6.45) is 1.58. The number of aliphatic carboxylic acids is 1. The molecule has 1 aromatic carbocycles. The number of benzene rings is 1. The Kier molecular flexibility index (Phi) is 5.29. The number of ether oxygens (including phenoxy) is 2. The van der Waals surface area contributed by atoms with Crippen LogP contribution in [-0.2, 0) is 16.0 Å². The Morgan fingerprint density at radius 2 is 2.24 bits per heavy atom. The highest BCUT2D eigenvalue weighted by Gasteiger charge is 2.06. The lowest BCUT2D eigenvalue weighted by Crippen LogP contribution is -2.11. The molecule has 0 unspecified atom stereocenters. The number of hydrogen-bond acceptors (Lipinski definition) is 4. The summed E-state index contributed by atoms with van der Waals surface area (Å²) in [6, 6.07) is 5.18. The van der Waals surface area contributed by atoms with Gasteiger partial charge in [0.25, 0.3) is 0 Å². The third kappa shape index (κ3) is 4.74. The van der Waals surface area contributed by atoms with Crippen molar-refractivity contribution in [3.63, 3.8) is 0 Å². The Bertz CT molecular complexity index is 379. The number of carbonyl (C=O) groups is 1. The molecule has 0 saturated carbocycles. The van der Waals surface area contributed by atoms with Crippen LogP contribution < -0.4 is 10.5 Å². The van der Waals surface area contributed by atoms with Crippen molar-refractivity contribution in [1.29, 1.82) is 0 Å². The lowest BCUT2D eigenvalue weighted by Gasteiger charge is -2.10. The van der Waals surface area contributed by atoms with Gasteiger partial charge in [0.2, 0.25) is 0 Å². The van der Waals surface area contributed by atoms with Crippen molar-refractivity contribution >= 4 is 11.7 Å². The first-order chi connectivity index (χ1) is 8.13. The van der Waals surface area contributed by atoms with Gasteiger partial charge in [-0.05, 0) is 36.6 Å². The van der Waals surface area contributed by atoms with Crippen LogP contribution in [0.5, 0.6) is 5.75 Å². The van der Waals surface area contributed by atoms with Crippen molar-refractivity contribution in [2.75, 3.05) is 26.1 Å². The zero-order valence-corrected chi connectivity index (χ0v) is 9.81. The fraction of sp³-hybridized carbons (Fsp3) is 0.417. The average molecular weight is 239 g/mol. The van der Waals surface area contributed by atoms with Crippen LogP contribution in [0, 0.1) is 0 Å². The van der Waals surface area contributed by atoms with Gasteiger partial charge < -0.3 is 20.3 Å². The van der Waals surface area contributed by atoms with Gasteiger partial charge >= 0.3 is 5.97 Å². The van der Waals surface area contributed by atoms with Crippen LogP contribution in [0.3, 0.4) is 0 Å². The van der Waals surface area contributed by atoms with Crippen LogP contribution in [0.25, 0.3) is 0 Å². The van der Waals surface area contributed by atoms with Crippen molar-refractivity contribution in [2.24, 2.45) is 0 Å². The number of nitrogen functional groups attached to an aromatic ring is 1. The summed E-state index contributed by atoms with van der Waals surface area (Å²) in [6.45, 7) is 0.300. The minimum Gasteiger partial charge on any atom is -0.482 e. The Labute approximate surface area is 100 Å². The Hall–Kier alpha value is -1.75. The molecule has 94 valence electrons. The molecule has 0 radical (unpaired) electrons. The van der Waals surface area contributed by atoms with E-state index in [0.29, 0.717) is 18.0 Å². The molecular formula is C12H17NO4. The lowest BCUT2D eigenvalue weighted by atomic mass is 10.1. The SMILES string of the molecule is COCCCc1cc(N)ccc1OCC(=O)O. The lowest BCUT2D eigenvalue weighted by molar-refractivity contribution is -0.139. The van der Waals surface area contributed by atoms with Gasteiger partial charge in [-0.1, -0.05) is 0 Å². The van der Waals surface area contributed by atoms with Gasteiger partial charge in [-0.15, -0.1) is 0 Å². The second-order valence-electron chi connectivity index (χ2n) is 3.65. The number of hydrogen-bond donors (Lipinski definition) is 2. The monoisotopic (exact) mass is 239 g/mol. The smallest absolute Gasteiger partial charge is 0.341 e. The molecule has 0 fully saturated rings. The molecule has 0 aliphatic carbocycles. The van der Waals surface area contributed by atoms with E-state index in [1.807, 2.05) is 0 Å². The van der Waals surface area contributed by atoms with Gasteiger partial charge in [0.15, 0.2) is 6.61 Å². The molecule has 0 aromatic heterocycles. The van der Waals surface area contributed by atoms with Gasteiger partial charge in [0.1, 0.15) is 5.75 Å². The standard InChI is InChI=1S/C12H17NO4/c1-16-6-2-3-9-7-10(13)4-5-11(9)17-8-12(14)15/h4-5,7H,2-3,6,8,13H2,1H3,(H,14,15). The van der Waals surface area contributed by atoms with Gasteiger partial charge in [-0.25, -0.2) is 4.79 Å². The number of nitrogens with two attached hydrogens (primary N) is 1. The molecular weight excluding hydrogens is 222 g/mol.